The van der Waals surface area contributed by atoms with Crippen LogP contribution in [0.15, 0.2) is 24.3 Å². The fourth-order valence-corrected chi connectivity index (χ4v) is 3.09. The maximum atomic E-state index is 14.0. The number of amides is 2. The van der Waals surface area contributed by atoms with Crippen LogP contribution >= 0.6 is 0 Å². The van der Waals surface area contributed by atoms with Crippen molar-refractivity contribution in [3.05, 3.63) is 35.6 Å². The van der Waals surface area contributed by atoms with E-state index in [2.05, 4.69) is 5.32 Å². The molecular weight excluding hydrogens is 329 g/mol. The van der Waals surface area contributed by atoms with E-state index in [1.165, 1.54) is 18.2 Å². The number of nitrogens with zero attached hydrogens (tertiary/aromatic N) is 1. The van der Waals surface area contributed by atoms with Crippen molar-refractivity contribution in [2.24, 2.45) is 11.7 Å². The van der Waals surface area contributed by atoms with Crippen molar-refractivity contribution in [3.8, 4) is 0 Å². The van der Waals surface area contributed by atoms with Crippen LogP contribution in [-0.2, 0) is 14.4 Å². The van der Waals surface area contributed by atoms with Gasteiger partial charge in [-0.25, -0.2) is 4.39 Å². The number of aliphatic carboxylic acids is 1. The third-order valence-electron chi connectivity index (χ3n) is 4.23. The largest absolute Gasteiger partial charge is 0.481 e. The summed E-state index contributed by atoms with van der Waals surface area (Å²) in [6, 6.07) is 4.84. The number of piperidine rings is 1. The Hall–Kier alpha value is -2.48. The first-order valence-electron chi connectivity index (χ1n) is 8.14. The number of hydrogen-bond acceptors (Lipinski definition) is 4. The van der Waals surface area contributed by atoms with Gasteiger partial charge in [0.25, 0.3) is 0 Å². The molecule has 1 heterocycles. The van der Waals surface area contributed by atoms with Gasteiger partial charge in [-0.15, -0.1) is 0 Å². The fraction of sp³-hybridized carbons (Fsp3) is 0.471. The molecule has 0 spiro atoms. The molecule has 1 aromatic carbocycles. The van der Waals surface area contributed by atoms with Crippen molar-refractivity contribution < 1.29 is 23.9 Å². The van der Waals surface area contributed by atoms with E-state index >= 15 is 0 Å². The summed E-state index contributed by atoms with van der Waals surface area (Å²) in [4.78, 5) is 36.5. The number of halogens is 1. The number of carbonyl (C=O) groups excluding carboxylic acids is 2. The second-order valence-corrected chi connectivity index (χ2v) is 6.22. The van der Waals surface area contributed by atoms with Crippen LogP contribution < -0.4 is 11.1 Å². The molecule has 0 aliphatic carbocycles. The summed E-state index contributed by atoms with van der Waals surface area (Å²) >= 11 is 0. The molecule has 2 atom stereocenters. The number of hydrogen-bond donors (Lipinski definition) is 3. The van der Waals surface area contributed by atoms with Crippen molar-refractivity contribution >= 4 is 17.8 Å². The summed E-state index contributed by atoms with van der Waals surface area (Å²) in [6.45, 7) is 1.13. The van der Waals surface area contributed by atoms with E-state index in [1.54, 1.807) is 11.0 Å². The van der Waals surface area contributed by atoms with Crippen LogP contribution in [0.5, 0.6) is 0 Å². The zero-order valence-corrected chi connectivity index (χ0v) is 13.8. The number of carboxylic acid groups (broad SMARTS) is 1. The maximum absolute atomic E-state index is 14.0. The standard InChI is InChI=1S/C17H22FN3O4/c18-13-6-2-1-5-12(13)14(8-16(23)24)20-17(25)11-4-3-7-21(9-11)10-15(19)22/h1-2,5-6,11,14H,3-4,7-10H2,(H2,19,22)(H,20,25)(H,23,24). The lowest BCUT2D eigenvalue weighted by atomic mass is 9.95. The SMILES string of the molecule is NC(=O)CN1CCCC(C(=O)NC(CC(=O)O)c2ccccc2F)C1. The van der Waals surface area contributed by atoms with Crippen molar-refractivity contribution in [2.45, 2.75) is 25.3 Å². The van der Waals surface area contributed by atoms with Gasteiger partial charge in [0.2, 0.25) is 11.8 Å². The highest BCUT2D eigenvalue weighted by atomic mass is 19.1. The molecule has 0 bridgehead atoms. The summed E-state index contributed by atoms with van der Waals surface area (Å²) in [7, 11) is 0. The zero-order chi connectivity index (χ0) is 18.4. The van der Waals surface area contributed by atoms with Crippen LogP contribution in [0, 0.1) is 11.7 Å². The topological polar surface area (TPSA) is 113 Å². The lowest BCUT2D eigenvalue weighted by Gasteiger charge is -2.32. The Bertz CT molecular complexity index is 653. The summed E-state index contributed by atoms with van der Waals surface area (Å²) < 4.78 is 14.0. The van der Waals surface area contributed by atoms with Gasteiger partial charge in [0.15, 0.2) is 0 Å². The Balaban J connectivity index is 2.07. The Labute approximate surface area is 145 Å². The number of nitrogens with two attached hydrogens (primary N) is 1. The number of carboxylic acids is 1. The summed E-state index contributed by atoms with van der Waals surface area (Å²) in [6.07, 6.45) is 0.942. The Morgan fingerprint density at radius 1 is 1.36 bits per heavy atom. The second kappa shape index (κ2) is 8.57. The van der Waals surface area contributed by atoms with Gasteiger partial charge in [0, 0.05) is 12.1 Å². The van der Waals surface area contributed by atoms with Gasteiger partial charge in [-0.2, -0.15) is 0 Å². The fourth-order valence-electron chi connectivity index (χ4n) is 3.09. The third-order valence-corrected chi connectivity index (χ3v) is 4.23. The summed E-state index contributed by atoms with van der Waals surface area (Å²) in [5, 5.41) is 11.7. The second-order valence-electron chi connectivity index (χ2n) is 6.22. The Morgan fingerprint density at radius 3 is 2.72 bits per heavy atom. The van der Waals surface area contributed by atoms with E-state index in [-0.39, 0.29) is 18.0 Å². The average molecular weight is 351 g/mol. The highest BCUT2D eigenvalue weighted by molar-refractivity contribution is 5.81. The highest BCUT2D eigenvalue weighted by Gasteiger charge is 2.29. The van der Waals surface area contributed by atoms with Crippen LogP contribution in [-0.4, -0.2) is 47.4 Å². The number of nitrogens with one attached hydrogen (secondary N) is 1. The van der Waals surface area contributed by atoms with E-state index in [9.17, 15) is 18.8 Å². The van der Waals surface area contributed by atoms with Crippen molar-refractivity contribution in [1.82, 2.24) is 10.2 Å². The molecule has 7 nitrogen and oxygen atoms in total. The number of primary amides is 1. The first-order valence-corrected chi connectivity index (χ1v) is 8.14. The molecule has 1 aliphatic heterocycles. The summed E-state index contributed by atoms with van der Waals surface area (Å²) in [5.41, 5.74) is 5.33. The quantitative estimate of drug-likeness (QED) is 0.668. The molecule has 0 saturated carbocycles. The molecule has 1 aromatic rings. The molecule has 0 aromatic heterocycles. The molecule has 2 amide bonds. The molecule has 0 radical (unpaired) electrons. The van der Waals surface area contributed by atoms with E-state index in [0.717, 1.165) is 6.42 Å². The number of rotatable bonds is 7. The van der Waals surface area contributed by atoms with E-state index in [0.29, 0.717) is 19.5 Å². The van der Waals surface area contributed by atoms with Gasteiger partial charge in [-0.05, 0) is 25.5 Å². The molecule has 25 heavy (non-hydrogen) atoms. The minimum absolute atomic E-state index is 0.0790. The highest BCUT2D eigenvalue weighted by Crippen LogP contribution is 2.23. The van der Waals surface area contributed by atoms with Gasteiger partial charge in [-0.1, -0.05) is 18.2 Å². The number of carbonyl (C=O) groups is 3. The van der Waals surface area contributed by atoms with Gasteiger partial charge < -0.3 is 16.2 Å². The van der Waals surface area contributed by atoms with Crippen LogP contribution in [0.25, 0.3) is 0 Å². The molecule has 1 fully saturated rings. The minimum atomic E-state index is -1.13. The molecule has 2 unspecified atom stereocenters. The van der Waals surface area contributed by atoms with Gasteiger partial charge in [-0.3, -0.25) is 19.3 Å². The van der Waals surface area contributed by atoms with E-state index in [4.69, 9.17) is 10.8 Å². The molecule has 136 valence electrons. The Morgan fingerprint density at radius 2 is 2.08 bits per heavy atom. The minimum Gasteiger partial charge on any atom is -0.481 e. The molecule has 2 rings (SSSR count). The first-order chi connectivity index (χ1) is 11.9. The van der Waals surface area contributed by atoms with E-state index in [1.807, 2.05) is 0 Å². The third kappa shape index (κ3) is 5.53. The predicted octanol–water partition coefficient (Wildman–Crippen LogP) is 0.655. The van der Waals surface area contributed by atoms with Crippen molar-refractivity contribution in [3.63, 3.8) is 0 Å². The average Bonchev–Trinajstić information content (AvgIpc) is 2.54. The maximum Gasteiger partial charge on any atom is 0.305 e. The van der Waals surface area contributed by atoms with E-state index < -0.39 is 36.1 Å². The van der Waals surface area contributed by atoms with Crippen LogP contribution in [0.4, 0.5) is 4.39 Å². The van der Waals surface area contributed by atoms with Crippen molar-refractivity contribution in [1.29, 1.82) is 0 Å². The first kappa shape index (κ1) is 18.9. The normalized spacial score (nSPS) is 19.2. The molecule has 8 heteroatoms. The lowest BCUT2D eigenvalue weighted by Crippen LogP contribution is -2.46. The predicted molar refractivity (Wildman–Crippen MR) is 87.9 cm³/mol. The molecule has 1 saturated heterocycles. The van der Waals surface area contributed by atoms with Crippen molar-refractivity contribution in [2.75, 3.05) is 19.6 Å². The van der Waals surface area contributed by atoms with Gasteiger partial charge in [0.1, 0.15) is 5.82 Å². The lowest BCUT2D eigenvalue weighted by molar-refractivity contribution is -0.138. The Kier molecular flexibility index (Phi) is 6.46. The molecule has 4 N–H and O–H groups in total. The van der Waals surface area contributed by atoms with Gasteiger partial charge in [0.05, 0.1) is 24.9 Å². The smallest absolute Gasteiger partial charge is 0.305 e. The number of benzene rings is 1. The van der Waals surface area contributed by atoms with Crippen LogP contribution in [0.1, 0.15) is 30.9 Å². The zero-order valence-electron chi connectivity index (χ0n) is 13.8. The van der Waals surface area contributed by atoms with Crippen LogP contribution in [0.2, 0.25) is 0 Å². The number of likely N-dealkylation sites (tertiary alicyclic amines) is 1. The monoisotopic (exact) mass is 351 g/mol. The molecular formula is C17H22FN3O4. The summed E-state index contributed by atoms with van der Waals surface area (Å²) in [5.74, 6) is -2.89. The van der Waals surface area contributed by atoms with Crippen LogP contribution in [0.3, 0.4) is 0 Å². The van der Waals surface area contributed by atoms with Gasteiger partial charge >= 0.3 is 5.97 Å². The molecule has 1 aliphatic rings.